The molecule has 2 aliphatic rings. The predicted molar refractivity (Wildman–Crippen MR) is 148 cm³/mol. The summed E-state index contributed by atoms with van der Waals surface area (Å²) in [6, 6.07) is 13.5. The summed E-state index contributed by atoms with van der Waals surface area (Å²) in [7, 11) is 0. The van der Waals surface area contributed by atoms with E-state index in [2.05, 4.69) is 10.3 Å². The summed E-state index contributed by atoms with van der Waals surface area (Å²) in [4.78, 5) is 49.8. The van der Waals surface area contributed by atoms with Crippen LogP contribution in [-0.4, -0.2) is 63.2 Å². The van der Waals surface area contributed by atoms with Crippen molar-refractivity contribution in [3.63, 3.8) is 0 Å². The van der Waals surface area contributed by atoms with E-state index >= 15 is 0 Å². The number of carbonyl (C=O) groups is 2. The molecule has 0 bridgehead atoms. The van der Waals surface area contributed by atoms with Crippen molar-refractivity contribution in [3.05, 3.63) is 98.8 Å². The number of ether oxygens (including phenoxy) is 1. The van der Waals surface area contributed by atoms with Crippen LogP contribution in [0.25, 0.3) is 0 Å². The number of carbonyl (C=O) groups excluding carboxylic acids is 2. The maximum absolute atomic E-state index is 14.3. The van der Waals surface area contributed by atoms with E-state index in [4.69, 9.17) is 21.3 Å². The van der Waals surface area contributed by atoms with Gasteiger partial charge in [-0.05, 0) is 55.3 Å². The predicted octanol–water partition coefficient (Wildman–Crippen LogP) is 4.53. The molecular weight excluding hydrogens is 536 g/mol. The Hall–Kier alpha value is -4.51. The van der Waals surface area contributed by atoms with Crippen LogP contribution < -0.4 is 10.1 Å². The van der Waals surface area contributed by atoms with Crippen molar-refractivity contribution >= 4 is 35.1 Å². The van der Waals surface area contributed by atoms with E-state index in [0.717, 1.165) is 11.1 Å². The third-order valence-electron chi connectivity index (χ3n) is 6.62. The Bertz CT molecular complexity index is 1460. The highest BCUT2D eigenvalue weighted by molar-refractivity contribution is 6.30. The number of amidine groups is 1. The van der Waals surface area contributed by atoms with Gasteiger partial charge in [0.2, 0.25) is 5.91 Å². The van der Waals surface area contributed by atoms with Gasteiger partial charge in [0.1, 0.15) is 24.2 Å². The Morgan fingerprint density at radius 2 is 1.85 bits per heavy atom. The van der Waals surface area contributed by atoms with Crippen LogP contribution in [0.1, 0.15) is 42.6 Å². The fourth-order valence-electron chi connectivity index (χ4n) is 4.87. The maximum atomic E-state index is 14.3. The van der Waals surface area contributed by atoms with Gasteiger partial charge in [-0.3, -0.25) is 29.8 Å². The van der Waals surface area contributed by atoms with Gasteiger partial charge in [0.25, 0.3) is 5.69 Å². The van der Waals surface area contributed by atoms with Crippen molar-refractivity contribution in [2.75, 3.05) is 19.6 Å². The molecule has 2 aliphatic heterocycles. The number of aliphatic imine (C=N–C) groups is 1. The lowest BCUT2D eigenvalue weighted by Gasteiger charge is -2.35. The summed E-state index contributed by atoms with van der Waals surface area (Å²) < 4.78 is 6.01. The first-order valence-electron chi connectivity index (χ1n) is 12.8. The number of aromatic nitrogens is 1. The lowest BCUT2D eigenvalue weighted by Crippen LogP contribution is -2.55. The molecule has 0 radical (unpaired) electrons. The Balaban J connectivity index is 1.71. The second-order valence-corrected chi connectivity index (χ2v) is 10.1. The van der Waals surface area contributed by atoms with Gasteiger partial charge in [-0.25, -0.2) is 4.79 Å². The van der Waals surface area contributed by atoms with E-state index in [1.54, 1.807) is 35.5 Å². The highest BCUT2D eigenvalue weighted by Crippen LogP contribution is 2.45. The fraction of sp³-hybridized carbons (Fsp3) is 0.286. The summed E-state index contributed by atoms with van der Waals surface area (Å²) in [6.07, 6.45) is 2.98. The van der Waals surface area contributed by atoms with Gasteiger partial charge in [-0.15, -0.1) is 0 Å². The largest absolute Gasteiger partial charge is 0.490 e. The number of nitrogens with zero attached hydrogens (tertiary/aromatic N) is 5. The minimum absolute atomic E-state index is 0.104. The Morgan fingerprint density at radius 1 is 1.12 bits per heavy atom. The number of urea groups is 1. The van der Waals surface area contributed by atoms with Crippen molar-refractivity contribution in [1.29, 1.82) is 0 Å². The van der Waals surface area contributed by atoms with Gasteiger partial charge in [-0.1, -0.05) is 23.7 Å². The average Bonchev–Trinajstić information content (AvgIpc) is 3.33. The molecule has 3 amide bonds. The lowest BCUT2D eigenvalue weighted by atomic mass is 9.94. The molecule has 0 unspecified atom stereocenters. The molecule has 0 saturated carbocycles. The molecule has 206 valence electrons. The zero-order chi connectivity index (χ0) is 28.4. The van der Waals surface area contributed by atoms with Crippen molar-refractivity contribution in [3.8, 4) is 5.75 Å². The molecule has 0 aliphatic carbocycles. The Morgan fingerprint density at radius 3 is 2.50 bits per heavy atom. The molecule has 2 aromatic carbocycles. The van der Waals surface area contributed by atoms with E-state index in [0.29, 0.717) is 23.7 Å². The third kappa shape index (κ3) is 5.46. The molecule has 1 fully saturated rings. The zero-order valence-corrected chi connectivity index (χ0v) is 22.6. The number of nitro benzene ring substituents is 1. The monoisotopic (exact) mass is 562 g/mol. The van der Waals surface area contributed by atoms with Crippen molar-refractivity contribution in [1.82, 2.24) is 20.1 Å². The highest BCUT2D eigenvalue weighted by Gasteiger charge is 2.45. The van der Waals surface area contributed by atoms with E-state index < -0.39 is 23.0 Å². The van der Waals surface area contributed by atoms with Gasteiger partial charge < -0.3 is 15.0 Å². The number of hydrogen-bond donors (Lipinski definition) is 1. The van der Waals surface area contributed by atoms with Crippen molar-refractivity contribution in [2.45, 2.75) is 32.0 Å². The number of rotatable bonds is 6. The minimum atomic E-state index is -0.612. The second kappa shape index (κ2) is 11.3. The van der Waals surface area contributed by atoms with E-state index in [1.165, 1.54) is 17.0 Å². The topological polar surface area (TPSA) is 130 Å². The smallest absolute Gasteiger partial charge is 0.326 e. The van der Waals surface area contributed by atoms with Gasteiger partial charge >= 0.3 is 6.03 Å². The number of amides is 3. The first kappa shape index (κ1) is 27.1. The molecule has 3 aromatic rings. The molecule has 1 aromatic heterocycles. The molecule has 0 spiro atoms. The number of non-ortho nitro benzene ring substituents is 1. The molecule has 2 atom stereocenters. The van der Waals surface area contributed by atoms with Crippen LogP contribution in [0.15, 0.2) is 72.0 Å². The summed E-state index contributed by atoms with van der Waals surface area (Å²) in [5, 5.41) is 14.9. The summed E-state index contributed by atoms with van der Waals surface area (Å²) in [5.41, 5.74) is 1.86. The van der Waals surface area contributed by atoms with Crippen molar-refractivity contribution < 1.29 is 19.2 Å². The van der Waals surface area contributed by atoms with Crippen molar-refractivity contribution in [2.24, 2.45) is 4.99 Å². The van der Waals surface area contributed by atoms with Gasteiger partial charge in [-0.2, -0.15) is 0 Å². The second-order valence-electron chi connectivity index (χ2n) is 9.70. The molecule has 12 heteroatoms. The van der Waals surface area contributed by atoms with E-state index in [9.17, 15) is 19.7 Å². The van der Waals surface area contributed by atoms with Crippen LogP contribution in [0.2, 0.25) is 5.02 Å². The molecule has 3 heterocycles. The summed E-state index contributed by atoms with van der Waals surface area (Å²) in [6.45, 7) is 4.16. The zero-order valence-electron chi connectivity index (χ0n) is 21.9. The van der Waals surface area contributed by atoms with Crippen LogP contribution in [0.5, 0.6) is 5.75 Å². The highest BCUT2D eigenvalue weighted by atomic mass is 35.5. The molecule has 40 heavy (non-hydrogen) atoms. The van der Waals surface area contributed by atoms with Gasteiger partial charge in [0.05, 0.1) is 28.7 Å². The molecule has 5 rings (SSSR count). The quantitative estimate of drug-likeness (QED) is 0.347. The van der Waals surface area contributed by atoms with Crippen LogP contribution in [0, 0.1) is 10.1 Å². The van der Waals surface area contributed by atoms with E-state index in [-0.39, 0.29) is 35.8 Å². The van der Waals surface area contributed by atoms with Crippen LogP contribution >= 0.6 is 11.6 Å². The maximum Gasteiger partial charge on any atom is 0.326 e. The first-order chi connectivity index (χ1) is 19.2. The normalized spacial score (nSPS) is 18.9. The lowest BCUT2D eigenvalue weighted by molar-refractivity contribution is -0.384. The number of hydrogen-bond acceptors (Lipinski definition) is 7. The minimum Gasteiger partial charge on any atom is -0.490 e. The van der Waals surface area contributed by atoms with Gasteiger partial charge in [0, 0.05) is 36.6 Å². The van der Waals surface area contributed by atoms with E-state index in [1.807, 2.05) is 38.1 Å². The van der Waals surface area contributed by atoms with Crippen LogP contribution in [0.3, 0.4) is 0 Å². The molecule has 1 N–H and O–H groups in total. The first-order valence-corrected chi connectivity index (χ1v) is 13.1. The SMILES string of the molecule is CC(C)Oc1cc([N+](=O)[O-])ccc1C1=N[C@@H](c2ccc(Cl)cc2)[C@@H](c2ccncc2)N1C(=O)N1CCNC(=O)C1. The average molecular weight is 563 g/mol. The third-order valence-corrected chi connectivity index (χ3v) is 6.87. The van der Waals surface area contributed by atoms with Gasteiger partial charge in [0.15, 0.2) is 0 Å². The number of nitro groups is 1. The number of piperazine rings is 1. The summed E-state index contributed by atoms with van der Waals surface area (Å²) >= 11 is 6.18. The Labute approximate surface area is 235 Å². The summed E-state index contributed by atoms with van der Waals surface area (Å²) in [5.74, 6) is 0.247. The standard InChI is InChI=1S/C28H27ClN6O5/c1-17(2)40-23-15-21(35(38)39)7-8-22(23)27-32-25(18-3-5-20(29)6-4-18)26(19-9-11-30-12-10-19)34(27)28(37)33-14-13-31-24(36)16-33/h3-12,15,17,25-26H,13-14,16H2,1-2H3,(H,31,36)/t25-,26+/m0/s1. The molecule has 1 saturated heterocycles. The number of benzene rings is 2. The number of pyridine rings is 1. The van der Waals surface area contributed by atoms with Crippen LogP contribution in [0.4, 0.5) is 10.5 Å². The van der Waals surface area contributed by atoms with Crippen LogP contribution in [-0.2, 0) is 4.79 Å². The fourth-order valence-corrected chi connectivity index (χ4v) is 5.00. The number of nitrogens with one attached hydrogen (secondary N) is 1. The number of halogens is 1. The molecular formula is C28H27ClN6O5. The molecule has 11 nitrogen and oxygen atoms in total. The Kier molecular flexibility index (Phi) is 7.65.